The Morgan fingerprint density at radius 1 is 1.17 bits per heavy atom. The second kappa shape index (κ2) is 5.87. The van der Waals surface area contributed by atoms with Crippen molar-refractivity contribution in [2.24, 2.45) is 5.92 Å². The highest BCUT2D eigenvalue weighted by Crippen LogP contribution is 2.29. The van der Waals surface area contributed by atoms with E-state index in [0.717, 1.165) is 11.8 Å². The first-order valence-corrected chi connectivity index (χ1v) is 7.64. The van der Waals surface area contributed by atoms with Crippen molar-refractivity contribution in [3.05, 3.63) is 18.2 Å². The molecular formula is C15H25N3. The van der Waals surface area contributed by atoms with E-state index in [0.29, 0.717) is 0 Å². The minimum atomic E-state index is 0.734. The van der Waals surface area contributed by atoms with Gasteiger partial charge in [-0.05, 0) is 38.3 Å². The van der Waals surface area contributed by atoms with Crippen LogP contribution in [0.1, 0.15) is 56.6 Å². The van der Waals surface area contributed by atoms with Gasteiger partial charge in [-0.25, -0.2) is 4.98 Å². The number of aromatic nitrogens is 2. The SMILES string of the molecule is c1ncn(CCC2CCCC2)c1C1CCNCC1. The van der Waals surface area contributed by atoms with Crippen LogP contribution in [0.25, 0.3) is 0 Å². The van der Waals surface area contributed by atoms with Crippen LogP contribution in [0.5, 0.6) is 0 Å². The molecule has 1 saturated heterocycles. The third-order valence-electron chi connectivity index (χ3n) is 4.75. The Balaban J connectivity index is 1.59. The van der Waals surface area contributed by atoms with Crippen LogP contribution in [0.15, 0.2) is 12.5 Å². The van der Waals surface area contributed by atoms with E-state index in [-0.39, 0.29) is 0 Å². The van der Waals surface area contributed by atoms with E-state index in [1.54, 1.807) is 0 Å². The van der Waals surface area contributed by atoms with Crippen LogP contribution in [0.4, 0.5) is 0 Å². The molecule has 3 nitrogen and oxygen atoms in total. The van der Waals surface area contributed by atoms with Crippen LogP contribution < -0.4 is 5.32 Å². The largest absolute Gasteiger partial charge is 0.334 e. The lowest BCUT2D eigenvalue weighted by molar-refractivity contribution is 0.415. The average molecular weight is 247 g/mol. The van der Waals surface area contributed by atoms with Gasteiger partial charge in [-0.1, -0.05) is 25.7 Å². The van der Waals surface area contributed by atoms with E-state index in [1.807, 2.05) is 6.33 Å². The summed E-state index contributed by atoms with van der Waals surface area (Å²) >= 11 is 0. The van der Waals surface area contributed by atoms with Gasteiger partial charge >= 0.3 is 0 Å². The van der Waals surface area contributed by atoms with Crippen molar-refractivity contribution >= 4 is 0 Å². The first kappa shape index (κ1) is 12.2. The molecule has 0 spiro atoms. The molecule has 0 aromatic carbocycles. The Hall–Kier alpha value is -0.830. The molecule has 1 N–H and O–H groups in total. The molecule has 0 amide bonds. The van der Waals surface area contributed by atoms with E-state index in [4.69, 9.17) is 0 Å². The number of hydrogen-bond donors (Lipinski definition) is 1. The lowest BCUT2D eigenvalue weighted by Crippen LogP contribution is -2.27. The summed E-state index contributed by atoms with van der Waals surface area (Å²) in [6.45, 7) is 3.51. The number of aryl methyl sites for hydroxylation is 1. The van der Waals surface area contributed by atoms with Gasteiger partial charge in [0.1, 0.15) is 0 Å². The number of nitrogens with zero attached hydrogens (tertiary/aromatic N) is 2. The monoisotopic (exact) mass is 247 g/mol. The summed E-state index contributed by atoms with van der Waals surface area (Å²) in [6.07, 6.45) is 13.9. The van der Waals surface area contributed by atoms with E-state index in [2.05, 4.69) is 21.1 Å². The Labute approximate surface area is 110 Å². The quantitative estimate of drug-likeness (QED) is 0.886. The van der Waals surface area contributed by atoms with Crippen molar-refractivity contribution in [3.8, 4) is 0 Å². The first-order valence-electron chi connectivity index (χ1n) is 7.64. The number of piperidine rings is 1. The molecule has 0 radical (unpaired) electrons. The third kappa shape index (κ3) is 2.77. The second-order valence-corrected chi connectivity index (χ2v) is 5.98. The highest BCUT2D eigenvalue weighted by atomic mass is 15.0. The predicted octanol–water partition coefficient (Wildman–Crippen LogP) is 2.93. The summed E-state index contributed by atoms with van der Waals surface area (Å²) in [4.78, 5) is 4.39. The molecule has 100 valence electrons. The second-order valence-electron chi connectivity index (χ2n) is 5.98. The standard InChI is InChI=1S/C15H25N3/c1-2-4-13(3-1)7-10-18-12-17-11-15(18)14-5-8-16-9-6-14/h11-14,16H,1-10H2. The van der Waals surface area contributed by atoms with Crippen LogP contribution in [0.3, 0.4) is 0 Å². The van der Waals surface area contributed by atoms with Crippen molar-refractivity contribution in [1.29, 1.82) is 0 Å². The predicted molar refractivity (Wildman–Crippen MR) is 73.6 cm³/mol. The van der Waals surface area contributed by atoms with E-state index >= 15 is 0 Å². The highest BCUT2D eigenvalue weighted by molar-refractivity contribution is 5.07. The number of imidazole rings is 1. The maximum Gasteiger partial charge on any atom is 0.0948 e. The van der Waals surface area contributed by atoms with Crippen LogP contribution in [-0.2, 0) is 6.54 Å². The molecule has 0 atom stereocenters. The van der Waals surface area contributed by atoms with Gasteiger partial charge in [-0.2, -0.15) is 0 Å². The van der Waals surface area contributed by atoms with Gasteiger partial charge in [0, 0.05) is 24.4 Å². The molecule has 2 heterocycles. The summed E-state index contributed by atoms with van der Waals surface area (Å²) in [6, 6.07) is 0. The molecule has 18 heavy (non-hydrogen) atoms. The van der Waals surface area contributed by atoms with Crippen LogP contribution >= 0.6 is 0 Å². The zero-order valence-electron chi connectivity index (χ0n) is 11.3. The van der Waals surface area contributed by atoms with Crippen molar-refractivity contribution < 1.29 is 0 Å². The number of nitrogens with one attached hydrogen (secondary N) is 1. The normalized spacial score (nSPS) is 22.7. The van der Waals surface area contributed by atoms with Crippen molar-refractivity contribution in [1.82, 2.24) is 14.9 Å². The van der Waals surface area contributed by atoms with Gasteiger partial charge in [-0.15, -0.1) is 0 Å². The first-order chi connectivity index (χ1) is 8.93. The zero-order valence-corrected chi connectivity index (χ0v) is 11.3. The summed E-state index contributed by atoms with van der Waals surface area (Å²) in [5.41, 5.74) is 1.48. The highest BCUT2D eigenvalue weighted by Gasteiger charge is 2.20. The van der Waals surface area contributed by atoms with Crippen molar-refractivity contribution in [2.75, 3.05) is 13.1 Å². The Morgan fingerprint density at radius 3 is 2.72 bits per heavy atom. The van der Waals surface area contributed by atoms with Crippen LogP contribution in [0.2, 0.25) is 0 Å². The van der Waals surface area contributed by atoms with Gasteiger partial charge in [0.15, 0.2) is 0 Å². The Bertz CT molecular complexity index is 360. The summed E-state index contributed by atoms with van der Waals surface area (Å²) in [7, 11) is 0. The van der Waals surface area contributed by atoms with Crippen molar-refractivity contribution in [3.63, 3.8) is 0 Å². The van der Waals surface area contributed by atoms with Crippen molar-refractivity contribution in [2.45, 2.75) is 57.4 Å². The smallest absolute Gasteiger partial charge is 0.0948 e. The van der Waals surface area contributed by atoms with Crippen LogP contribution in [-0.4, -0.2) is 22.6 Å². The fraction of sp³-hybridized carbons (Fsp3) is 0.800. The molecule has 1 saturated carbocycles. The molecule has 1 aromatic heterocycles. The lowest BCUT2D eigenvalue weighted by atomic mass is 9.94. The summed E-state index contributed by atoms with van der Waals surface area (Å²) in [5, 5.41) is 3.44. The zero-order chi connectivity index (χ0) is 12.2. The molecule has 2 fully saturated rings. The maximum absolute atomic E-state index is 4.39. The van der Waals surface area contributed by atoms with E-state index < -0.39 is 0 Å². The van der Waals surface area contributed by atoms with Gasteiger partial charge in [0.2, 0.25) is 0 Å². The van der Waals surface area contributed by atoms with Crippen LogP contribution in [0, 0.1) is 5.92 Å². The van der Waals surface area contributed by atoms with Gasteiger partial charge < -0.3 is 9.88 Å². The van der Waals surface area contributed by atoms with E-state index in [9.17, 15) is 0 Å². The molecule has 3 heteroatoms. The fourth-order valence-electron chi connectivity index (χ4n) is 3.60. The minimum Gasteiger partial charge on any atom is -0.334 e. The molecule has 3 rings (SSSR count). The molecule has 0 unspecified atom stereocenters. The lowest BCUT2D eigenvalue weighted by Gasteiger charge is -2.24. The minimum absolute atomic E-state index is 0.734. The summed E-state index contributed by atoms with van der Waals surface area (Å²) < 4.78 is 2.42. The van der Waals surface area contributed by atoms with Gasteiger partial charge in [-0.3, -0.25) is 0 Å². The average Bonchev–Trinajstić information content (AvgIpc) is 3.09. The molecule has 1 aromatic rings. The topological polar surface area (TPSA) is 29.9 Å². The maximum atomic E-state index is 4.39. The van der Waals surface area contributed by atoms with E-state index in [1.165, 1.54) is 70.3 Å². The number of hydrogen-bond acceptors (Lipinski definition) is 2. The summed E-state index contributed by atoms with van der Waals surface area (Å²) in [5.74, 6) is 1.71. The molecule has 1 aliphatic heterocycles. The van der Waals surface area contributed by atoms with Gasteiger partial charge in [0.25, 0.3) is 0 Å². The third-order valence-corrected chi connectivity index (χ3v) is 4.75. The number of rotatable bonds is 4. The fourth-order valence-corrected chi connectivity index (χ4v) is 3.60. The molecule has 1 aliphatic carbocycles. The Morgan fingerprint density at radius 2 is 1.94 bits per heavy atom. The molecular weight excluding hydrogens is 222 g/mol. The Kier molecular flexibility index (Phi) is 3.99. The molecule has 2 aliphatic rings. The molecule has 0 bridgehead atoms. The van der Waals surface area contributed by atoms with Gasteiger partial charge in [0.05, 0.1) is 6.33 Å².